The average Bonchev–Trinajstić information content (AvgIpc) is 3.50. The lowest BCUT2D eigenvalue weighted by atomic mass is 10.2. The van der Waals surface area contributed by atoms with Gasteiger partial charge in [0.25, 0.3) is 0 Å². The van der Waals surface area contributed by atoms with Crippen LogP contribution < -0.4 is 10.1 Å². The van der Waals surface area contributed by atoms with Crippen molar-refractivity contribution >= 4 is 17.6 Å². The van der Waals surface area contributed by atoms with Crippen molar-refractivity contribution < 1.29 is 23.5 Å². The van der Waals surface area contributed by atoms with Crippen molar-refractivity contribution in [3.63, 3.8) is 0 Å². The van der Waals surface area contributed by atoms with Gasteiger partial charge in [-0.1, -0.05) is 12.1 Å². The summed E-state index contributed by atoms with van der Waals surface area (Å²) in [7, 11) is 1.59. The molecule has 2 heterocycles. The molecule has 0 aliphatic heterocycles. The predicted molar refractivity (Wildman–Crippen MR) is 110 cm³/mol. The third kappa shape index (κ3) is 4.95. The van der Waals surface area contributed by atoms with Gasteiger partial charge in [-0.3, -0.25) is 4.79 Å². The van der Waals surface area contributed by atoms with Gasteiger partial charge in [0.2, 0.25) is 11.8 Å². The Balaban J connectivity index is 1.38. The summed E-state index contributed by atoms with van der Waals surface area (Å²) >= 11 is 0. The van der Waals surface area contributed by atoms with E-state index in [0.717, 1.165) is 11.3 Å². The van der Waals surface area contributed by atoms with Gasteiger partial charge in [-0.15, -0.1) is 5.10 Å². The van der Waals surface area contributed by atoms with Gasteiger partial charge in [-0.2, -0.15) is 0 Å². The Morgan fingerprint density at radius 2 is 1.94 bits per heavy atom. The molecular formula is C21H18N6O5. The SMILES string of the molecule is COc1ccc(-c2nc(COC(=O)c3ccccc3NC(=O)Cn3cnnn3)co2)cc1. The van der Waals surface area contributed by atoms with E-state index in [1.165, 1.54) is 17.3 Å². The van der Waals surface area contributed by atoms with E-state index < -0.39 is 11.9 Å². The van der Waals surface area contributed by atoms with Crippen LogP contribution in [0.4, 0.5) is 5.69 Å². The Hall–Kier alpha value is -4.54. The van der Waals surface area contributed by atoms with E-state index in [9.17, 15) is 9.59 Å². The minimum atomic E-state index is -0.614. The van der Waals surface area contributed by atoms with Gasteiger partial charge < -0.3 is 19.2 Å². The topological polar surface area (TPSA) is 134 Å². The molecule has 4 aromatic rings. The molecule has 11 heteroatoms. The number of anilines is 1. The van der Waals surface area contributed by atoms with Gasteiger partial charge in [0.1, 0.15) is 37.2 Å². The zero-order chi connectivity index (χ0) is 22.3. The second kappa shape index (κ2) is 9.51. The number of aromatic nitrogens is 5. The van der Waals surface area contributed by atoms with Gasteiger partial charge in [0.05, 0.1) is 18.4 Å². The van der Waals surface area contributed by atoms with Gasteiger partial charge in [0, 0.05) is 5.56 Å². The number of ether oxygens (including phenoxy) is 2. The van der Waals surface area contributed by atoms with Gasteiger partial charge in [-0.25, -0.2) is 14.5 Å². The van der Waals surface area contributed by atoms with E-state index >= 15 is 0 Å². The number of hydrogen-bond donors (Lipinski definition) is 1. The number of hydrogen-bond acceptors (Lipinski definition) is 9. The molecule has 0 saturated carbocycles. The maximum Gasteiger partial charge on any atom is 0.340 e. The first-order valence-electron chi connectivity index (χ1n) is 9.48. The van der Waals surface area contributed by atoms with Crippen LogP contribution in [0.1, 0.15) is 16.1 Å². The lowest BCUT2D eigenvalue weighted by molar-refractivity contribution is -0.116. The van der Waals surface area contributed by atoms with E-state index in [4.69, 9.17) is 13.9 Å². The Labute approximate surface area is 182 Å². The van der Waals surface area contributed by atoms with Crippen molar-refractivity contribution in [1.29, 1.82) is 0 Å². The van der Waals surface area contributed by atoms with Crippen molar-refractivity contribution in [1.82, 2.24) is 25.2 Å². The number of amides is 1. The fourth-order valence-corrected chi connectivity index (χ4v) is 2.82. The Morgan fingerprint density at radius 1 is 1.12 bits per heavy atom. The molecule has 32 heavy (non-hydrogen) atoms. The summed E-state index contributed by atoms with van der Waals surface area (Å²) in [6.07, 6.45) is 2.74. The number of nitrogens with zero attached hydrogens (tertiary/aromatic N) is 5. The standard InChI is InChI=1S/C21H18N6O5/c1-30-16-8-6-14(7-9-16)20-23-15(11-31-20)12-32-21(29)17-4-2-3-5-18(17)24-19(28)10-27-13-22-25-26-27/h2-9,11,13H,10,12H2,1H3,(H,24,28). The maximum atomic E-state index is 12.6. The van der Waals surface area contributed by atoms with Crippen LogP contribution in [0.2, 0.25) is 0 Å². The van der Waals surface area contributed by atoms with Crippen LogP contribution in [0.15, 0.2) is 65.5 Å². The third-order valence-electron chi connectivity index (χ3n) is 4.36. The summed E-state index contributed by atoms with van der Waals surface area (Å²) in [5, 5.41) is 13.2. The predicted octanol–water partition coefficient (Wildman–Crippen LogP) is 2.33. The molecule has 4 rings (SSSR count). The molecule has 11 nitrogen and oxygen atoms in total. The number of tetrazole rings is 1. The van der Waals surface area contributed by atoms with Crippen molar-refractivity contribution in [3.8, 4) is 17.2 Å². The van der Waals surface area contributed by atoms with Crippen LogP contribution >= 0.6 is 0 Å². The highest BCUT2D eigenvalue weighted by atomic mass is 16.5. The number of nitrogens with one attached hydrogen (secondary N) is 1. The second-order valence-electron chi connectivity index (χ2n) is 6.55. The van der Waals surface area contributed by atoms with Crippen LogP contribution in [0.25, 0.3) is 11.5 Å². The van der Waals surface area contributed by atoms with E-state index in [0.29, 0.717) is 17.3 Å². The number of benzene rings is 2. The molecule has 162 valence electrons. The van der Waals surface area contributed by atoms with Crippen LogP contribution in [0.5, 0.6) is 5.75 Å². The van der Waals surface area contributed by atoms with E-state index in [1.54, 1.807) is 43.5 Å². The molecule has 0 aliphatic rings. The van der Waals surface area contributed by atoms with Crippen molar-refractivity contribution in [2.45, 2.75) is 13.2 Å². The van der Waals surface area contributed by atoms with Crippen LogP contribution in [-0.2, 0) is 22.7 Å². The molecule has 0 aliphatic carbocycles. The molecule has 1 N–H and O–H groups in total. The minimum absolute atomic E-state index is 0.0919. The summed E-state index contributed by atoms with van der Waals surface area (Å²) in [6.45, 7) is -0.186. The first-order valence-corrected chi connectivity index (χ1v) is 9.48. The van der Waals surface area contributed by atoms with Crippen LogP contribution in [-0.4, -0.2) is 44.2 Å². The average molecular weight is 434 g/mol. The molecule has 0 fully saturated rings. The van der Waals surface area contributed by atoms with Gasteiger partial charge in [-0.05, 0) is 46.8 Å². The summed E-state index contributed by atoms with van der Waals surface area (Å²) in [5.41, 5.74) is 1.73. The second-order valence-corrected chi connectivity index (χ2v) is 6.55. The summed E-state index contributed by atoms with van der Waals surface area (Å²) < 4.78 is 17.2. The zero-order valence-electron chi connectivity index (χ0n) is 17.0. The fraction of sp³-hybridized carbons (Fsp3) is 0.143. The maximum absolute atomic E-state index is 12.6. The number of oxazole rings is 1. The fourth-order valence-electron chi connectivity index (χ4n) is 2.82. The molecule has 0 bridgehead atoms. The van der Waals surface area contributed by atoms with E-state index in [2.05, 4.69) is 25.8 Å². The highest BCUT2D eigenvalue weighted by Crippen LogP contribution is 2.22. The van der Waals surface area contributed by atoms with Gasteiger partial charge in [0.15, 0.2) is 0 Å². The number of methoxy groups -OCH3 is 1. The van der Waals surface area contributed by atoms with Crippen molar-refractivity contribution in [2.24, 2.45) is 0 Å². The first-order chi connectivity index (χ1) is 15.6. The lowest BCUT2D eigenvalue weighted by Gasteiger charge is -2.10. The molecule has 0 unspecified atom stereocenters. The number of rotatable bonds is 8. The molecule has 0 spiro atoms. The zero-order valence-corrected chi connectivity index (χ0v) is 17.0. The monoisotopic (exact) mass is 434 g/mol. The van der Waals surface area contributed by atoms with Crippen molar-refractivity contribution in [2.75, 3.05) is 12.4 Å². The highest BCUT2D eigenvalue weighted by Gasteiger charge is 2.16. The summed E-state index contributed by atoms with van der Waals surface area (Å²) in [6, 6.07) is 13.7. The number of carbonyl (C=O) groups excluding carboxylic acids is 2. The van der Waals surface area contributed by atoms with Crippen LogP contribution in [0, 0.1) is 0 Å². The first kappa shape index (κ1) is 20.7. The normalized spacial score (nSPS) is 10.5. The number of carbonyl (C=O) groups is 2. The Bertz CT molecular complexity index is 1200. The molecule has 0 atom stereocenters. The largest absolute Gasteiger partial charge is 0.497 e. The molecule has 2 aromatic heterocycles. The number of esters is 1. The summed E-state index contributed by atoms with van der Waals surface area (Å²) in [5.74, 6) is 0.114. The molecule has 0 saturated heterocycles. The Kier molecular flexibility index (Phi) is 6.16. The van der Waals surface area contributed by atoms with E-state index in [-0.39, 0.29) is 18.7 Å². The molecule has 0 radical (unpaired) electrons. The number of para-hydroxylation sites is 1. The molecule has 2 aromatic carbocycles. The highest BCUT2D eigenvalue weighted by molar-refractivity contribution is 6.01. The van der Waals surface area contributed by atoms with Crippen molar-refractivity contribution in [3.05, 3.63) is 72.4 Å². The van der Waals surface area contributed by atoms with E-state index in [1.807, 2.05) is 12.1 Å². The Morgan fingerprint density at radius 3 is 2.69 bits per heavy atom. The summed E-state index contributed by atoms with van der Waals surface area (Å²) in [4.78, 5) is 29.1. The molecule has 1 amide bonds. The molecular weight excluding hydrogens is 416 g/mol. The van der Waals surface area contributed by atoms with Crippen LogP contribution in [0.3, 0.4) is 0 Å². The third-order valence-corrected chi connectivity index (χ3v) is 4.36. The minimum Gasteiger partial charge on any atom is -0.497 e. The lowest BCUT2D eigenvalue weighted by Crippen LogP contribution is -2.21. The van der Waals surface area contributed by atoms with Gasteiger partial charge >= 0.3 is 5.97 Å². The smallest absolute Gasteiger partial charge is 0.340 e. The quantitative estimate of drug-likeness (QED) is 0.415.